The summed E-state index contributed by atoms with van der Waals surface area (Å²) in [4.78, 5) is 12.4. The number of carbonyl (C=O) groups is 1. The molecule has 0 atom stereocenters. The molecule has 19 heavy (non-hydrogen) atoms. The van der Waals surface area contributed by atoms with Crippen molar-refractivity contribution in [3.8, 4) is 0 Å². The molecule has 94 valence electrons. The lowest BCUT2D eigenvalue weighted by Crippen LogP contribution is -2.13. The zero-order chi connectivity index (χ0) is 13.2. The number of rotatable bonds is 1. The minimum absolute atomic E-state index is 0.141. The Morgan fingerprint density at radius 2 is 1.84 bits per heavy atom. The standard InChI is InChI=1S/C17H13ClO/c18-15-6-3-4-12(11-15)10-14-9-8-13-5-1-2-7-16(13)17(14)19/h1-7,10-11H,8-9H2/b14-10-. The molecule has 0 radical (unpaired) electrons. The average Bonchev–Trinajstić information content (AvgIpc) is 2.42. The van der Waals surface area contributed by atoms with Crippen LogP contribution in [-0.2, 0) is 6.42 Å². The molecule has 2 heteroatoms. The molecule has 2 aromatic rings. The Morgan fingerprint density at radius 1 is 1.00 bits per heavy atom. The second-order valence-corrected chi connectivity index (χ2v) is 5.15. The molecule has 0 amide bonds. The van der Waals surface area contributed by atoms with E-state index >= 15 is 0 Å². The topological polar surface area (TPSA) is 17.1 Å². The summed E-state index contributed by atoms with van der Waals surface area (Å²) in [7, 11) is 0. The van der Waals surface area contributed by atoms with Gasteiger partial charge in [0.2, 0.25) is 0 Å². The van der Waals surface area contributed by atoms with E-state index in [1.807, 2.05) is 54.6 Å². The number of Topliss-reactive ketones (excluding diaryl/α,β-unsaturated/α-hetero) is 1. The van der Waals surface area contributed by atoms with Crippen molar-refractivity contribution in [3.05, 3.63) is 75.8 Å². The van der Waals surface area contributed by atoms with Gasteiger partial charge in [0.1, 0.15) is 0 Å². The maximum Gasteiger partial charge on any atom is 0.189 e. The third kappa shape index (κ3) is 2.47. The molecule has 0 aliphatic heterocycles. The van der Waals surface area contributed by atoms with Crippen LogP contribution in [0.3, 0.4) is 0 Å². The van der Waals surface area contributed by atoms with Crippen molar-refractivity contribution >= 4 is 23.5 Å². The van der Waals surface area contributed by atoms with Gasteiger partial charge < -0.3 is 0 Å². The van der Waals surface area contributed by atoms with Gasteiger partial charge in [-0.3, -0.25) is 4.79 Å². The fourth-order valence-corrected chi connectivity index (χ4v) is 2.65. The number of hydrogen-bond acceptors (Lipinski definition) is 1. The van der Waals surface area contributed by atoms with E-state index in [0.29, 0.717) is 5.02 Å². The van der Waals surface area contributed by atoms with E-state index in [2.05, 4.69) is 0 Å². The first kappa shape index (κ1) is 12.2. The van der Waals surface area contributed by atoms with E-state index in [0.717, 1.165) is 35.1 Å². The fourth-order valence-electron chi connectivity index (χ4n) is 2.45. The molecule has 0 N–H and O–H groups in total. The Bertz CT molecular complexity index is 670. The highest BCUT2D eigenvalue weighted by Crippen LogP contribution is 2.26. The number of carbonyl (C=O) groups excluding carboxylic acids is 1. The van der Waals surface area contributed by atoms with Gasteiger partial charge in [0.25, 0.3) is 0 Å². The van der Waals surface area contributed by atoms with Gasteiger partial charge in [-0.1, -0.05) is 48.0 Å². The van der Waals surface area contributed by atoms with Gasteiger partial charge in [0, 0.05) is 16.2 Å². The number of aryl methyl sites for hydroxylation is 1. The molecule has 0 heterocycles. The zero-order valence-corrected chi connectivity index (χ0v) is 11.2. The van der Waals surface area contributed by atoms with Gasteiger partial charge in [-0.05, 0) is 42.2 Å². The molecule has 3 rings (SSSR count). The number of fused-ring (bicyclic) bond motifs is 1. The third-order valence-corrected chi connectivity index (χ3v) is 3.64. The molecular formula is C17H13ClO. The zero-order valence-electron chi connectivity index (χ0n) is 10.4. The van der Waals surface area contributed by atoms with Crippen LogP contribution in [0.2, 0.25) is 5.02 Å². The molecule has 0 aromatic heterocycles. The number of benzene rings is 2. The van der Waals surface area contributed by atoms with Crippen molar-refractivity contribution in [2.75, 3.05) is 0 Å². The number of ketones is 1. The van der Waals surface area contributed by atoms with E-state index in [1.54, 1.807) is 0 Å². The summed E-state index contributed by atoms with van der Waals surface area (Å²) >= 11 is 5.97. The molecule has 1 aliphatic carbocycles. The molecule has 1 aliphatic rings. The van der Waals surface area contributed by atoms with Crippen molar-refractivity contribution in [3.63, 3.8) is 0 Å². The lowest BCUT2D eigenvalue weighted by atomic mass is 9.86. The van der Waals surface area contributed by atoms with Crippen LogP contribution in [0, 0.1) is 0 Å². The van der Waals surface area contributed by atoms with E-state index in [1.165, 1.54) is 0 Å². The predicted molar refractivity (Wildman–Crippen MR) is 78.5 cm³/mol. The van der Waals surface area contributed by atoms with E-state index in [4.69, 9.17) is 11.6 Å². The van der Waals surface area contributed by atoms with Crippen LogP contribution in [-0.4, -0.2) is 5.78 Å². The van der Waals surface area contributed by atoms with Gasteiger partial charge in [0.05, 0.1) is 0 Å². The normalized spacial score (nSPS) is 16.5. The summed E-state index contributed by atoms with van der Waals surface area (Å²) in [5.41, 5.74) is 3.83. The maximum atomic E-state index is 12.4. The first-order valence-corrected chi connectivity index (χ1v) is 6.70. The Labute approximate surface area is 117 Å². The predicted octanol–water partition coefficient (Wildman–Crippen LogP) is 4.55. The lowest BCUT2D eigenvalue weighted by Gasteiger charge is -2.17. The average molecular weight is 269 g/mol. The minimum atomic E-state index is 0.141. The van der Waals surface area contributed by atoms with E-state index < -0.39 is 0 Å². The van der Waals surface area contributed by atoms with Crippen molar-refractivity contribution in [1.29, 1.82) is 0 Å². The molecule has 0 saturated heterocycles. The van der Waals surface area contributed by atoms with Gasteiger partial charge in [0.15, 0.2) is 5.78 Å². The lowest BCUT2D eigenvalue weighted by molar-refractivity contribution is 0.102. The quantitative estimate of drug-likeness (QED) is 0.694. The molecule has 0 fully saturated rings. The smallest absolute Gasteiger partial charge is 0.189 e. The summed E-state index contributed by atoms with van der Waals surface area (Å²) in [5, 5.41) is 0.693. The van der Waals surface area contributed by atoms with Crippen LogP contribution in [0.4, 0.5) is 0 Å². The highest BCUT2D eigenvalue weighted by molar-refractivity contribution is 6.30. The van der Waals surface area contributed by atoms with Gasteiger partial charge in [-0.15, -0.1) is 0 Å². The summed E-state index contributed by atoms with van der Waals surface area (Å²) in [5.74, 6) is 0.141. The summed E-state index contributed by atoms with van der Waals surface area (Å²) in [6.07, 6.45) is 3.67. The van der Waals surface area contributed by atoms with Crippen molar-refractivity contribution in [1.82, 2.24) is 0 Å². The molecule has 2 aromatic carbocycles. The molecular weight excluding hydrogens is 256 g/mol. The maximum absolute atomic E-state index is 12.4. The van der Waals surface area contributed by atoms with Gasteiger partial charge in [-0.2, -0.15) is 0 Å². The summed E-state index contributed by atoms with van der Waals surface area (Å²) in [6, 6.07) is 15.4. The second kappa shape index (κ2) is 5.02. The third-order valence-electron chi connectivity index (χ3n) is 3.41. The largest absolute Gasteiger partial charge is 0.289 e. The number of halogens is 1. The molecule has 0 unspecified atom stereocenters. The Kier molecular flexibility index (Phi) is 3.22. The Morgan fingerprint density at radius 3 is 2.68 bits per heavy atom. The van der Waals surface area contributed by atoms with Crippen LogP contribution in [0.1, 0.15) is 27.9 Å². The van der Waals surface area contributed by atoms with Crippen LogP contribution >= 0.6 is 11.6 Å². The van der Waals surface area contributed by atoms with Crippen molar-refractivity contribution < 1.29 is 4.79 Å². The summed E-state index contributed by atoms with van der Waals surface area (Å²) in [6.45, 7) is 0. The molecule has 0 bridgehead atoms. The summed E-state index contributed by atoms with van der Waals surface area (Å²) < 4.78 is 0. The van der Waals surface area contributed by atoms with Crippen LogP contribution in [0.5, 0.6) is 0 Å². The number of hydrogen-bond donors (Lipinski definition) is 0. The first-order valence-electron chi connectivity index (χ1n) is 6.33. The highest BCUT2D eigenvalue weighted by atomic mass is 35.5. The minimum Gasteiger partial charge on any atom is -0.289 e. The van der Waals surface area contributed by atoms with Crippen LogP contribution in [0.15, 0.2) is 54.1 Å². The molecule has 1 nitrogen and oxygen atoms in total. The van der Waals surface area contributed by atoms with E-state index in [-0.39, 0.29) is 5.78 Å². The first-order chi connectivity index (χ1) is 9.24. The van der Waals surface area contributed by atoms with E-state index in [9.17, 15) is 4.79 Å². The molecule has 0 spiro atoms. The van der Waals surface area contributed by atoms with Crippen molar-refractivity contribution in [2.24, 2.45) is 0 Å². The molecule has 0 saturated carbocycles. The monoisotopic (exact) mass is 268 g/mol. The number of allylic oxidation sites excluding steroid dienone is 1. The second-order valence-electron chi connectivity index (χ2n) is 4.71. The van der Waals surface area contributed by atoms with Crippen LogP contribution < -0.4 is 0 Å². The fraction of sp³-hybridized carbons (Fsp3) is 0.118. The van der Waals surface area contributed by atoms with Crippen molar-refractivity contribution in [2.45, 2.75) is 12.8 Å². The van der Waals surface area contributed by atoms with Gasteiger partial charge in [-0.25, -0.2) is 0 Å². The van der Waals surface area contributed by atoms with Crippen LogP contribution in [0.25, 0.3) is 6.08 Å². The Balaban J connectivity index is 1.98. The van der Waals surface area contributed by atoms with Gasteiger partial charge >= 0.3 is 0 Å². The SMILES string of the molecule is O=C1/C(=C\c2cccc(Cl)c2)CCc2ccccc21. The Hall–Kier alpha value is -1.86. The highest BCUT2D eigenvalue weighted by Gasteiger charge is 2.20.